The number of anilines is 2. The van der Waals surface area contributed by atoms with E-state index >= 15 is 0 Å². The summed E-state index contributed by atoms with van der Waals surface area (Å²) in [6.45, 7) is 6.41. The lowest BCUT2D eigenvalue weighted by atomic mass is 10.0. The number of ether oxygens (including phenoxy) is 1. The van der Waals surface area contributed by atoms with Crippen LogP contribution in [0, 0.1) is 5.41 Å². The van der Waals surface area contributed by atoms with Crippen molar-refractivity contribution in [2.24, 2.45) is 0 Å². The maximum absolute atomic E-state index is 12.9. The Bertz CT molecular complexity index is 1130. The minimum absolute atomic E-state index is 0.0895. The second kappa shape index (κ2) is 9.06. The van der Waals surface area contributed by atoms with Crippen LogP contribution in [0.4, 0.5) is 10.7 Å². The molecule has 2 aromatic rings. The van der Waals surface area contributed by atoms with Crippen LogP contribution in [0.2, 0.25) is 0 Å². The molecule has 2 aliphatic rings. The van der Waals surface area contributed by atoms with Crippen LogP contribution in [0.3, 0.4) is 0 Å². The third kappa shape index (κ3) is 4.56. The average molecular weight is 438 g/mol. The average Bonchev–Trinajstić information content (AvgIpc) is 3.04. The van der Waals surface area contributed by atoms with Crippen LogP contribution in [0.5, 0.6) is 5.75 Å². The molecular formula is C24H27N3O3S. The lowest BCUT2D eigenvalue weighted by Gasteiger charge is -2.28. The highest BCUT2D eigenvalue weighted by atomic mass is 32.1. The number of carbonyl (C=O) groups is 2. The summed E-state index contributed by atoms with van der Waals surface area (Å²) in [5.74, 6) is 0.544. The molecule has 162 valence electrons. The summed E-state index contributed by atoms with van der Waals surface area (Å²) in [5.41, 5.74) is 2.52. The van der Waals surface area contributed by atoms with E-state index in [1.165, 1.54) is 34.3 Å². The highest BCUT2D eigenvalue weighted by Crippen LogP contribution is 2.44. The molecule has 7 heteroatoms. The van der Waals surface area contributed by atoms with Crippen LogP contribution in [0.25, 0.3) is 0 Å². The van der Waals surface area contributed by atoms with E-state index in [0.717, 1.165) is 30.0 Å². The van der Waals surface area contributed by atoms with Crippen LogP contribution in [0.1, 0.15) is 59.9 Å². The third-order valence-electron chi connectivity index (χ3n) is 5.63. The number of nitrogens with one attached hydrogen (secondary N) is 1. The third-order valence-corrected chi connectivity index (χ3v) is 6.81. The molecule has 1 aliphatic heterocycles. The molecule has 0 atom stereocenters. The predicted octanol–water partition coefficient (Wildman–Crippen LogP) is 5.24. The van der Waals surface area contributed by atoms with Crippen LogP contribution in [0.15, 0.2) is 48.2 Å². The molecule has 0 aromatic carbocycles. The van der Waals surface area contributed by atoms with Gasteiger partial charge in [0.15, 0.2) is 11.5 Å². The number of hydrogen-bond donors (Lipinski definition) is 1. The first-order valence-corrected chi connectivity index (χ1v) is 11.5. The number of pyridine rings is 1. The molecule has 1 aliphatic carbocycles. The molecule has 1 N–H and O–H groups in total. The number of fused-ring (bicyclic) bond motifs is 1. The predicted molar refractivity (Wildman–Crippen MR) is 123 cm³/mol. The minimum atomic E-state index is -0.295. The molecule has 0 amide bonds. The fraction of sp³-hybridized carbons (Fsp3) is 0.375. The number of allylic oxidation sites excluding steroid dienone is 3. The van der Waals surface area contributed by atoms with Gasteiger partial charge in [-0.3, -0.25) is 19.6 Å². The van der Waals surface area contributed by atoms with Gasteiger partial charge in [0.2, 0.25) is 0 Å². The minimum Gasteiger partial charge on any atom is -0.489 e. The molecule has 4 rings (SSSR count). The number of Topliss-reactive ketones (excluding diaryl/α,β-unsaturated/α-hetero) is 1. The summed E-state index contributed by atoms with van der Waals surface area (Å²) in [5, 5.41) is 9.13. The van der Waals surface area contributed by atoms with Gasteiger partial charge in [0.25, 0.3) is 5.91 Å². The highest BCUT2D eigenvalue weighted by Gasteiger charge is 2.26. The SMILES string of the molecule is C=C(C)C(=O)n1ccc(N2CCOc3cc(C(=O)CC4=CCCCCC4)sc32)cc1=N. The van der Waals surface area contributed by atoms with Gasteiger partial charge in [0.05, 0.1) is 11.4 Å². The fourth-order valence-corrected chi connectivity index (χ4v) is 5.05. The van der Waals surface area contributed by atoms with E-state index < -0.39 is 0 Å². The number of thiophene rings is 1. The summed E-state index contributed by atoms with van der Waals surface area (Å²) in [6, 6.07) is 5.32. The second-order valence-electron chi connectivity index (χ2n) is 8.07. The Kier molecular flexibility index (Phi) is 6.23. The summed E-state index contributed by atoms with van der Waals surface area (Å²) in [6.07, 6.45) is 10.00. The van der Waals surface area contributed by atoms with Crippen molar-refractivity contribution < 1.29 is 14.3 Å². The Morgan fingerprint density at radius 3 is 2.87 bits per heavy atom. The van der Waals surface area contributed by atoms with E-state index in [1.807, 2.05) is 12.1 Å². The Morgan fingerprint density at radius 2 is 2.10 bits per heavy atom. The van der Waals surface area contributed by atoms with E-state index in [1.54, 1.807) is 19.2 Å². The molecule has 2 aromatic heterocycles. The van der Waals surface area contributed by atoms with Crippen molar-refractivity contribution in [1.29, 1.82) is 5.41 Å². The van der Waals surface area contributed by atoms with Crippen molar-refractivity contribution >= 4 is 33.7 Å². The van der Waals surface area contributed by atoms with E-state index in [4.69, 9.17) is 10.1 Å². The normalized spacial score (nSPS) is 16.0. The molecule has 0 fully saturated rings. The quantitative estimate of drug-likeness (QED) is 0.394. The van der Waals surface area contributed by atoms with E-state index in [0.29, 0.717) is 35.8 Å². The molecule has 3 heterocycles. The van der Waals surface area contributed by atoms with Crippen molar-refractivity contribution in [3.05, 3.63) is 58.6 Å². The molecule has 0 saturated carbocycles. The maximum Gasteiger partial charge on any atom is 0.258 e. The number of nitrogens with zero attached hydrogens (tertiary/aromatic N) is 2. The summed E-state index contributed by atoms with van der Waals surface area (Å²) in [7, 11) is 0. The van der Waals surface area contributed by atoms with Gasteiger partial charge in [0.1, 0.15) is 17.1 Å². The van der Waals surface area contributed by atoms with Gasteiger partial charge in [-0.15, -0.1) is 11.3 Å². The van der Waals surface area contributed by atoms with Crippen molar-refractivity contribution in [2.75, 3.05) is 18.1 Å². The first kappa shape index (κ1) is 21.3. The highest BCUT2D eigenvalue weighted by molar-refractivity contribution is 7.18. The molecule has 0 saturated heterocycles. The molecular weight excluding hydrogens is 410 g/mol. The van der Waals surface area contributed by atoms with Crippen molar-refractivity contribution in [1.82, 2.24) is 4.57 Å². The van der Waals surface area contributed by atoms with Crippen LogP contribution < -0.4 is 15.1 Å². The topological polar surface area (TPSA) is 75.4 Å². The number of hydrogen-bond acceptors (Lipinski definition) is 6. The summed E-state index contributed by atoms with van der Waals surface area (Å²) < 4.78 is 7.10. The lowest BCUT2D eigenvalue weighted by Crippen LogP contribution is -2.31. The summed E-state index contributed by atoms with van der Waals surface area (Å²) >= 11 is 1.44. The zero-order chi connectivity index (χ0) is 22.0. The standard InChI is InChI=1S/C24H27N3O3S/c1-16(2)23(29)27-10-9-18(14-22(27)25)26-11-12-30-20-15-21(31-24(20)26)19(28)13-17-7-5-3-4-6-8-17/h7,9-10,14-15,25H,1,3-6,8,11-13H2,2H3. The first-order chi connectivity index (χ1) is 14.9. The van der Waals surface area contributed by atoms with Gasteiger partial charge in [-0.25, -0.2) is 0 Å². The van der Waals surface area contributed by atoms with Crippen LogP contribution >= 0.6 is 11.3 Å². The Labute approximate surface area is 186 Å². The lowest BCUT2D eigenvalue weighted by molar-refractivity contribution is 0.0948. The number of carbonyl (C=O) groups excluding carboxylic acids is 2. The summed E-state index contributed by atoms with van der Waals surface area (Å²) in [4.78, 5) is 27.9. The van der Waals surface area contributed by atoms with Gasteiger partial charge in [-0.2, -0.15) is 0 Å². The van der Waals surface area contributed by atoms with Crippen molar-refractivity contribution in [3.63, 3.8) is 0 Å². The monoisotopic (exact) mass is 437 g/mol. The van der Waals surface area contributed by atoms with Crippen LogP contribution in [-0.2, 0) is 0 Å². The van der Waals surface area contributed by atoms with Crippen molar-refractivity contribution in [3.8, 4) is 5.75 Å². The number of aromatic nitrogens is 1. The maximum atomic E-state index is 12.9. The van der Waals surface area contributed by atoms with Gasteiger partial charge in [-0.1, -0.05) is 24.6 Å². The van der Waals surface area contributed by atoms with Gasteiger partial charge in [0, 0.05) is 36.0 Å². The number of rotatable bonds is 5. The largest absolute Gasteiger partial charge is 0.489 e. The van der Waals surface area contributed by atoms with E-state index in [9.17, 15) is 9.59 Å². The molecule has 0 spiro atoms. The zero-order valence-electron chi connectivity index (χ0n) is 17.8. The smallest absolute Gasteiger partial charge is 0.258 e. The Balaban J connectivity index is 1.58. The Hall–Kier alpha value is -2.93. The van der Waals surface area contributed by atoms with E-state index in [2.05, 4.69) is 17.6 Å². The molecule has 0 bridgehead atoms. The van der Waals surface area contributed by atoms with Gasteiger partial charge >= 0.3 is 0 Å². The van der Waals surface area contributed by atoms with Crippen LogP contribution in [-0.4, -0.2) is 29.4 Å². The number of ketones is 1. The molecule has 31 heavy (non-hydrogen) atoms. The molecule has 0 unspecified atom stereocenters. The fourth-order valence-electron chi connectivity index (χ4n) is 3.96. The molecule has 0 radical (unpaired) electrons. The first-order valence-electron chi connectivity index (χ1n) is 10.7. The van der Waals surface area contributed by atoms with Gasteiger partial charge in [-0.05, 0) is 38.7 Å². The van der Waals surface area contributed by atoms with Crippen molar-refractivity contribution in [2.45, 2.75) is 45.4 Å². The zero-order valence-corrected chi connectivity index (χ0v) is 18.6. The van der Waals surface area contributed by atoms with Gasteiger partial charge < -0.3 is 9.64 Å². The van der Waals surface area contributed by atoms with E-state index in [-0.39, 0.29) is 17.2 Å². The Morgan fingerprint density at radius 1 is 1.26 bits per heavy atom. The molecule has 6 nitrogen and oxygen atoms in total. The second-order valence-corrected chi connectivity index (χ2v) is 9.10.